The van der Waals surface area contributed by atoms with Crippen molar-refractivity contribution in [3.05, 3.63) is 60.1 Å². The van der Waals surface area contributed by atoms with Gasteiger partial charge in [0, 0.05) is 6.61 Å². The summed E-state index contributed by atoms with van der Waals surface area (Å²) in [4.78, 5) is 0. The molecule has 136 valence electrons. The maximum absolute atomic E-state index is 5.94. The molecule has 2 aromatic rings. The van der Waals surface area contributed by atoms with Crippen LogP contribution in [0.5, 0.6) is 0 Å². The van der Waals surface area contributed by atoms with Crippen LogP contribution >= 0.6 is 0 Å². The van der Waals surface area contributed by atoms with Crippen molar-refractivity contribution in [3.8, 4) is 0 Å². The van der Waals surface area contributed by atoms with Crippen LogP contribution in [0.4, 0.5) is 0 Å². The highest BCUT2D eigenvalue weighted by molar-refractivity contribution is 5.15. The Morgan fingerprint density at radius 3 is 2.72 bits per heavy atom. The largest absolute Gasteiger partial charge is 0.468 e. The monoisotopic (exact) mass is 341 g/mol. The number of nitrogens with one attached hydrogen (secondary N) is 1. The number of rotatable bonds is 8. The molecule has 2 atom stereocenters. The first-order valence-corrected chi connectivity index (χ1v) is 9.53. The molecule has 0 spiro atoms. The van der Waals surface area contributed by atoms with E-state index in [4.69, 9.17) is 9.15 Å². The zero-order chi connectivity index (χ0) is 17.5. The summed E-state index contributed by atoms with van der Waals surface area (Å²) in [5.74, 6) is 2.43. The van der Waals surface area contributed by atoms with Crippen LogP contribution in [-0.2, 0) is 17.7 Å². The van der Waals surface area contributed by atoms with Gasteiger partial charge in [0.15, 0.2) is 0 Å². The van der Waals surface area contributed by atoms with E-state index in [1.807, 2.05) is 12.1 Å². The van der Waals surface area contributed by atoms with Gasteiger partial charge in [0.2, 0.25) is 0 Å². The Balaban J connectivity index is 1.57. The van der Waals surface area contributed by atoms with Gasteiger partial charge in [0.1, 0.15) is 5.76 Å². The minimum Gasteiger partial charge on any atom is -0.468 e. The molecular weight excluding hydrogens is 310 g/mol. The number of furan rings is 1. The van der Waals surface area contributed by atoms with E-state index in [0.29, 0.717) is 5.92 Å². The highest BCUT2D eigenvalue weighted by Crippen LogP contribution is 2.36. The van der Waals surface area contributed by atoms with Crippen LogP contribution in [0.25, 0.3) is 0 Å². The van der Waals surface area contributed by atoms with E-state index < -0.39 is 0 Å². The molecule has 3 heteroatoms. The van der Waals surface area contributed by atoms with E-state index in [9.17, 15) is 0 Å². The third-order valence-electron chi connectivity index (χ3n) is 5.31. The predicted octanol–water partition coefficient (Wildman–Crippen LogP) is 4.82. The third-order valence-corrected chi connectivity index (χ3v) is 5.31. The average Bonchev–Trinajstić information content (AvgIpc) is 3.11. The number of ether oxygens (including phenoxy) is 1. The summed E-state index contributed by atoms with van der Waals surface area (Å²) in [5, 5.41) is 3.54. The van der Waals surface area contributed by atoms with Crippen LogP contribution < -0.4 is 5.32 Å². The van der Waals surface area contributed by atoms with Crippen molar-refractivity contribution in [1.29, 1.82) is 0 Å². The Kier molecular flexibility index (Phi) is 6.33. The molecule has 1 aromatic heterocycles. The molecule has 0 bridgehead atoms. The molecule has 0 saturated carbocycles. The molecule has 0 aliphatic carbocycles. The Bertz CT molecular complexity index is 606. The van der Waals surface area contributed by atoms with Crippen molar-refractivity contribution in [2.45, 2.75) is 51.7 Å². The lowest BCUT2D eigenvalue weighted by Gasteiger charge is -2.39. The number of hydrogen-bond acceptors (Lipinski definition) is 3. The van der Waals surface area contributed by atoms with Crippen molar-refractivity contribution >= 4 is 0 Å². The zero-order valence-electron chi connectivity index (χ0n) is 15.5. The lowest BCUT2D eigenvalue weighted by Crippen LogP contribution is -2.38. The molecule has 3 rings (SSSR count). The minimum absolute atomic E-state index is 0.0133. The van der Waals surface area contributed by atoms with Crippen LogP contribution in [0.1, 0.15) is 44.4 Å². The average molecular weight is 341 g/mol. The molecule has 1 N–H and O–H groups in total. The Morgan fingerprint density at radius 1 is 1.16 bits per heavy atom. The smallest absolute Gasteiger partial charge is 0.117 e. The standard InChI is InChI=1S/C22H31NO2/c1-22(2)16-20(11-14-25-22)19(15-18-7-4-3-5-8-18)10-12-23-17-21-9-6-13-24-21/h3-9,13,19-20,23H,10-12,14-17H2,1-2H3/t19-,20+/m0/s1. The quantitative estimate of drug-likeness (QED) is 0.699. The van der Waals surface area contributed by atoms with Crippen molar-refractivity contribution < 1.29 is 9.15 Å². The fraction of sp³-hybridized carbons (Fsp3) is 0.545. The second-order valence-corrected chi connectivity index (χ2v) is 7.86. The molecule has 1 fully saturated rings. The molecule has 1 aliphatic rings. The van der Waals surface area contributed by atoms with Crippen molar-refractivity contribution in [2.24, 2.45) is 11.8 Å². The minimum atomic E-state index is 0.0133. The second kappa shape index (κ2) is 8.68. The second-order valence-electron chi connectivity index (χ2n) is 7.86. The molecule has 2 heterocycles. The maximum Gasteiger partial charge on any atom is 0.117 e. The van der Waals surface area contributed by atoms with Gasteiger partial charge in [-0.3, -0.25) is 0 Å². The van der Waals surface area contributed by atoms with Crippen LogP contribution in [0, 0.1) is 11.8 Å². The van der Waals surface area contributed by atoms with Gasteiger partial charge in [0.25, 0.3) is 0 Å². The topological polar surface area (TPSA) is 34.4 Å². The van der Waals surface area contributed by atoms with Gasteiger partial charge >= 0.3 is 0 Å². The lowest BCUT2D eigenvalue weighted by molar-refractivity contribution is -0.0830. The predicted molar refractivity (Wildman–Crippen MR) is 101 cm³/mol. The molecule has 3 nitrogen and oxygen atoms in total. The van der Waals surface area contributed by atoms with Crippen molar-refractivity contribution in [1.82, 2.24) is 5.32 Å². The Hall–Kier alpha value is -1.58. The summed E-state index contributed by atoms with van der Waals surface area (Å²) in [6, 6.07) is 14.9. The van der Waals surface area contributed by atoms with Crippen molar-refractivity contribution in [2.75, 3.05) is 13.2 Å². The van der Waals surface area contributed by atoms with Gasteiger partial charge in [-0.2, -0.15) is 0 Å². The van der Waals surface area contributed by atoms with Gasteiger partial charge in [-0.25, -0.2) is 0 Å². The fourth-order valence-electron chi connectivity index (χ4n) is 4.01. The van der Waals surface area contributed by atoms with E-state index in [-0.39, 0.29) is 5.60 Å². The Labute approximate surface area is 151 Å². The third kappa shape index (κ3) is 5.72. The van der Waals surface area contributed by atoms with Gasteiger partial charge in [0.05, 0.1) is 18.4 Å². The molecular formula is C22H31NO2. The van der Waals surface area contributed by atoms with E-state index in [2.05, 4.69) is 49.5 Å². The summed E-state index contributed by atoms with van der Waals surface area (Å²) >= 11 is 0. The SMILES string of the molecule is CC1(C)C[C@H]([C@@H](CCNCc2ccco2)Cc2ccccc2)CCO1. The molecule has 1 saturated heterocycles. The van der Waals surface area contributed by atoms with Crippen LogP contribution in [0.2, 0.25) is 0 Å². The van der Waals surface area contributed by atoms with Gasteiger partial charge in [-0.15, -0.1) is 0 Å². The fourth-order valence-corrected chi connectivity index (χ4v) is 4.01. The first-order valence-electron chi connectivity index (χ1n) is 9.53. The number of hydrogen-bond donors (Lipinski definition) is 1. The van der Waals surface area contributed by atoms with Crippen molar-refractivity contribution in [3.63, 3.8) is 0 Å². The molecule has 0 unspecified atom stereocenters. The van der Waals surface area contributed by atoms with E-state index in [1.165, 1.54) is 18.4 Å². The first-order chi connectivity index (χ1) is 12.1. The number of benzene rings is 1. The maximum atomic E-state index is 5.94. The van der Waals surface area contributed by atoms with E-state index >= 15 is 0 Å². The zero-order valence-corrected chi connectivity index (χ0v) is 15.5. The summed E-state index contributed by atoms with van der Waals surface area (Å²) in [7, 11) is 0. The summed E-state index contributed by atoms with van der Waals surface area (Å²) in [6.45, 7) is 7.19. The van der Waals surface area contributed by atoms with Crippen LogP contribution in [-0.4, -0.2) is 18.8 Å². The first kappa shape index (κ1) is 18.2. The molecule has 1 aliphatic heterocycles. The lowest BCUT2D eigenvalue weighted by atomic mass is 9.76. The normalized spacial score (nSPS) is 21.1. The van der Waals surface area contributed by atoms with Gasteiger partial charge in [-0.05, 0) is 75.6 Å². The molecule has 0 radical (unpaired) electrons. The van der Waals surface area contributed by atoms with E-state index in [0.717, 1.165) is 44.2 Å². The van der Waals surface area contributed by atoms with E-state index in [1.54, 1.807) is 6.26 Å². The van der Waals surface area contributed by atoms with Crippen LogP contribution in [0.3, 0.4) is 0 Å². The molecule has 0 amide bonds. The molecule has 1 aromatic carbocycles. The highest BCUT2D eigenvalue weighted by atomic mass is 16.5. The van der Waals surface area contributed by atoms with Gasteiger partial charge < -0.3 is 14.5 Å². The highest BCUT2D eigenvalue weighted by Gasteiger charge is 2.33. The van der Waals surface area contributed by atoms with Crippen LogP contribution in [0.15, 0.2) is 53.1 Å². The summed E-state index contributed by atoms with van der Waals surface area (Å²) in [6.07, 6.45) is 6.42. The Morgan fingerprint density at radius 2 is 2.00 bits per heavy atom. The van der Waals surface area contributed by atoms with Gasteiger partial charge in [-0.1, -0.05) is 30.3 Å². The summed E-state index contributed by atoms with van der Waals surface area (Å²) in [5.41, 5.74) is 1.46. The molecule has 25 heavy (non-hydrogen) atoms. The summed E-state index contributed by atoms with van der Waals surface area (Å²) < 4.78 is 11.3.